The molecule has 1 N–H and O–H groups in total. The number of rotatable bonds is 4. The van der Waals surface area contributed by atoms with Crippen molar-refractivity contribution in [3.05, 3.63) is 41.0 Å². The molecule has 0 bridgehead atoms. The molecule has 0 spiro atoms. The van der Waals surface area contributed by atoms with E-state index in [1.54, 1.807) is 0 Å². The molecule has 3 rings (SSSR count). The predicted octanol–water partition coefficient (Wildman–Crippen LogP) is 6.91. The van der Waals surface area contributed by atoms with Crippen molar-refractivity contribution < 1.29 is 0 Å². The van der Waals surface area contributed by atoms with Crippen LogP contribution in [0, 0.1) is 6.92 Å². The van der Waals surface area contributed by atoms with Crippen LogP contribution in [0.15, 0.2) is 30.5 Å². The number of halogens is 1. The molecule has 0 atom stereocenters. The molecule has 148 valence electrons. The van der Waals surface area contributed by atoms with Crippen LogP contribution in [0.5, 0.6) is 0 Å². The van der Waals surface area contributed by atoms with Crippen LogP contribution in [0.1, 0.15) is 72.4 Å². The lowest BCUT2D eigenvalue weighted by Crippen LogP contribution is -2.44. The van der Waals surface area contributed by atoms with Crippen molar-refractivity contribution in [3.63, 3.8) is 0 Å². The van der Waals surface area contributed by atoms with Gasteiger partial charge in [-0.15, -0.1) is 0 Å². The normalized spacial score (nSPS) is 12.5. The fourth-order valence-electron chi connectivity index (χ4n) is 2.49. The monoisotopic (exact) mass is 379 g/mol. The summed E-state index contributed by atoms with van der Waals surface area (Å²) in [5.74, 6) is 0. The maximum Gasteiger partial charge on any atom is 0.0774 e. The van der Waals surface area contributed by atoms with Gasteiger partial charge in [0.05, 0.1) is 11.7 Å². The van der Waals surface area contributed by atoms with Crippen LogP contribution in [0.3, 0.4) is 0 Å². The second-order valence-electron chi connectivity index (χ2n) is 5.79. The highest BCUT2D eigenvalue weighted by molar-refractivity contribution is 6.30. The summed E-state index contributed by atoms with van der Waals surface area (Å²) in [5, 5.41) is 8.45. The number of benzene rings is 1. The van der Waals surface area contributed by atoms with Gasteiger partial charge in [0.15, 0.2) is 0 Å². The summed E-state index contributed by atoms with van der Waals surface area (Å²) in [6.07, 6.45) is 5.93. The van der Waals surface area contributed by atoms with Gasteiger partial charge in [0.1, 0.15) is 0 Å². The largest absolute Gasteiger partial charge is 0.312 e. The van der Waals surface area contributed by atoms with Gasteiger partial charge in [-0.2, -0.15) is 5.10 Å². The Bertz CT molecular complexity index is 587. The van der Waals surface area contributed by atoms with Crippen molar-refractivity contribution in [1.29, 1.82) is 0 Å². The Balaban J connectivity index is 0.000000596. The third kappa shape index (κ3) is 7.51. The third-order valence-electron chi connectivity index (χ3n) is 3.96. The Morgan fingerprint density at radius 1 is 1.08 bits per heavy atom. The van der Waals surface area contributed by atoms with E-state index in [9.17, 15) is 0 Å². The van der Waals surface area contributed by atoms with Gasteiger partial charge in [-0.1, -0.05) is 78.5 Å². The fourth-order valence-corrected chi connectivity index (χ4v) is 2.66. The molecule has 3 nitrogen and oxygen atoms in total. The SMILES string of the molecule is CC.CC.CCCCC.Cc1ccc(Cl)cc1-c1ccnn1C1CNC1. The zero-order valence-corrected chi connectivity index (χ0v) is 18.5. The first kappa shape index (κ1) is 24.7. The van der Waals surface area contributed by atoms with Crippen LogP contribution in [0.2, 0.25) is 5.02 Å². The fraction of sp³-hybridized carbons (Fsp3) is 0.591. The molecular weight excluding hydrogens is 342 g/mol. The van der Waals surface area contributed by atoms with Crippen LogP contribution >= 0.6 is 11.6 Å². The first-order chi connectivity index (χ1) is 12.7. The zero-order chi connectivity index (χ0) is 19.9. The molecule has 1 fully saturated rings. The number of unbranched alkanes of at least 4 members (excludes halogenated alkanes) is 2. The van der Waals surface area contributed by atoms with Crippen LogP contribution in [0.4, 0.5) is 0 Å². The molecule has 4 heteroatoms. The number of aromatic nitrogens is 2. The van der Waals surface area contributed by atoms with E-state index in [0.29, 0.717) is 6.04 Å². The third-order valence-corrected chi connectivity index (χ3v) is 4.19. The predicted molar refractivity (Wildman–Crippen MR) is 117 cm³/mol. The van der Waals surface area contributed by atoms with Gasteiger partial charge in [0, 0.05) is 29.9 Å². The Hall–Kier alpha value is -1.32. The van der Waals surface area contributed by atoms with Gasteiger partial charge in [-0.3, -0.25) is 4.68 Å². The molecule has 2 aromatic rings. The Labute approximate surface area is 166 Å². The Morgan fingerprint density at radius 2 is 1.69 bits per heavy atom. The van der Waals surface area contributed by atoms with Gasteiger partial charge in [-0.25, -0.2) is 0 Å². The Morgan fingerprint density at radius 3 is 2.15 bits per heavy atom. The summed E-state index contributed by atoms with van der Waals surface area (Å²) in [6.45, 7) is 16.5. The average molecular weight is 380 g/mol. The molecule has 2 heterocycles. The van der Waals surface area contributed by atoms with E-state index in [4.69, 9.17) is 11.6 Å². The first-order valence-electron chi connectivity index (χ1n) is 10.2. The van der Waals surface area contributed by atoms with Crippen molar-refractivity contribution in [2.45, 2.75) is 73.8 Å². The second kappa shape index (κ2) is 14.8. The van der Waals surface area contributed by atoms with E-state index < -0.39 is 0 Å². The molecule has 1 aliphatic heterocycles. The molecule has 1 saturated heterocycles. The minimum Gasteiger partial charge on any atom is -0.312 e. The van der Waals surface area contributed by atoms with E-state index in [1.165, 1.54) is 30.4 Å². The van der Waals surface area contributed by atoms with Crippen LogP contribution in [-0.2, 0) is 0 Å². The lowest BCUT2D eigenvalue weighted by Gasteiger charge is -2.29. The highest BCUT2D eigenvalue weighted by Crippen LogP contribution is 2.28. The van der Waals surface area contributed by atoms with Crippen LogP contribution < -0.4 is 5.32 Å². The van der Waals surface area contributed by atoms with Crippen molar-refractivity contribution in [2.75, 3.05) is 13.1 Å². The van der Waals surface area contributed by atoms with Crippen molar-refractivity contribution in [1.82, 2.24) is 15.1 Å². The molecule has 0 unspecified atom stereocenters. The summed E-state index contributed by atoms with van der Waals surface area (Å²) in [6, 6.07) is 8.51. The van der Waals surface area contributed by atoms with Crippen molar-refractivity contribution in [2.24, 2.45) is 0 Å². The van der Waals surface area contributed by atoms with Crippen LogP contribution in [-0.4, -0.2) is 22.9 Å². The number of nitrogens with zero attached hydrogens (tertiary/aromatic N) is 2. The minimum absolute atomic E-state index is 0.471. The molecule has 0 radical (unpaired) electrons. The molecule has 0 amide bonds. The van der Waals surface area contributed by atoms with Gasteiger partial charge in [0.25, 0.3) is 0 Å². The van der Waals surface area contributed by atoms with Gasteiger partial charge >= 0.3 is 0 Å². The van der Waals surface area contributed by atoms with Gasteiger partial charge < -0.3 is 5.32 Å². The van der Waals surface area contributed by atoms with Gasteiger partial charge in [-0.05, 0) is 30.7 Å². The maximum atomic E-state index is 6.07. The molecule has 26 heavy (non-hydrogen) atoms. The molecule has 0 saturated carbocycles. The number of aryl methyl sites for hydroxylation is 1. The number of nitrogens with one attached hydrogen (secondary N) is 1. The second-order valence-corrected chi connectivity index (χ2v) is 6.22. The summed E-state index contributed by atoms with van der Waals surface area (Å²) in [5.41, 5.74) is 3.54. The maximum absolute atomic E-state index is 6.07. The summed E-state index contributed by atoms with van der Waals surface area (Å²) < 4.78 is 2.09. The topological polar surface area (TPSA) is 29.9 Å². The average Bonchev–Trinajstić information content (AvgIpc) is 3.09. The van der Waals surface area contributed by atoms with Crippen molar-refractivity contribution >= 4 is 11.6 Å². The number of hydrogen-bond acceptors (Lipinski definition) is 2. The summed E-state index contributed by atoms with van der Waals surface area (Å²) in [4.78, 5) is 0. The minimum atomic E-state index is 0.471. The quantitative estimate of drug-likeness (QED) is 0.625. The van der Waals surface area contributed by atoms with Crippen LogP contribution in [0.25, 0.3) is 11.3 Å². The smallest absolute Gasteiger partial charge is 0.0774 e. The summed E-state index contributed by atoms with van der Waals surface area (Å²) in [7, 11) is 0. The zero-order valence-electron chi connectivity index (χ0n) is 17.8. The van der Waals surface area contributed by atoms with E-state index >= 15 is 0 Å². The Kier molecular flexibility index (Phi) is 14.1. The number of hydrogen-bond donors (Lipinski definition) is 1. The standard InChI is InChI=1S/C13H14ClN3.C5H12.2C2H6/c1-9-2-3-10(14)6-12(9)13-4-5-16-17(13)11-7-15-8-11;1-3-5-4-2;2*1-2/h2-6,11,15H,7-8H2,1H3;3-5H2,1-2H3;2*1-2H3. The molecule has 0 aliphatic carbocycles. The molecular formula is C22H38ClN3. The summed E-state index contributed by atoms with van der Waals surface area (Å²) >= 11 is 6.07. The highest BCUT2D eigenvalue weighted by Gasteiger charge is 2.22. The highest BCUT2D eigenvalue weighted by atomic mass is 35.5. The lowest BCUT2D eigenvalue weighted by molar-refractivity contribution is 0.321. The van der Waals surface area contributed by atoms with E-state index in [1.807, 2.05) is 52.1 Å². The first-order valence-corrected chi connectivity index (χ1v) is 10.6. The van der Waals surface area contributed by atoms with E-state index in [0.717, 1.165) is 23.8 Å². The molecule has 1 aliphatic rings. The molecule has 1 aromatic carbocycles. The van der Waals surface area contributed by atoms with E-state index in [2.05, 4.69) is 41.9 Å². The van der Waals surface area contributed by atoms with Crippen molar-refractivity contribution in [3.8, 4) is 11.3 Å². The van der Waals surface area contributed by atoms with Gasteiger partial charge in [0.2, 0.25) is 0 Å². The van der Waals surface area contributed by atoms with E-state index in [-0.39, 0.29) is 0 Å². The lowest BCUT2D eigenvalue weighted by atomic mass is 10.0. The molecule has 1 aromatic heterocycles.